The molecule has 0 heterocycles. The Kier molecular flexibility index (Phi) is 6.88. The summed E-state index contributed by atoms with van der Waals surface area (Å²) in [5.74, 6) is 0.385. The molecule has 0 aliphatic rings. The number of carbonyl (C=O) groups is 2. The highest BCUT2D eigenvalue weighted by molar-refractivity contribution is 6.10. The molecule has 23 heavy (non-hydrogen) atoms. The van der Waals surface area contributed by atoms with Crippen molar-refractivity contribution in [3.8, 4) is 11.5 Å². The van der Waals surface area contributed by atoms with Gasteiger partial charge in [0.2, 0.25) is 11.8 Å². The molecule has 0 saturated heterocycles. The average Bonchev–Trinajstić information content (AvgIpc) is 2.54. The van der Waals surface area contributed by atoms with E-state index in [9.17, 15) is 9.59 Å². The number of nitrogens with one attached hydrogen (secondary N) is 2. The van der Waals surface area contributed by atoms with Crippen LogP contribution in [0.5, 0.6) is 11.5 Å². The van der Waals surface area contributed by atoms with E-state index in [0.29, 0.717) is 23.7 Å². The first-order chi connectivity index (χ1) is 10.9. The van der Waals surface area contributed by atoms with Crippen molar-refractivity contribution in [2.24, 2.45) is 5.41 Å². The molecule has 0 fully saturated rings. The molecule has 2 N–H and O–H groups in total. The number of hydrogen-bond acceptors (Lipinski definition) is 4. The minimum Gasteiger partial charge on any atom is -0.497 e. The van der Waals surface area contributed by atoms with Gasteiger partial charge in [-0.15, -0.1) is 0 Å². The van der Waals surface area contributed by atoms with Crippen LogP contribution in [0, 0.1) is 5.41 Å². The molecular formula is C17H26N2O4. The minimum atomic E-state index is -1.19. The van der Waals surface area contributed by atoms with Crippen molar-refractivity contribution in [3.05, 3.63) is 18.2 Å². The number of methoxy groups -OCH3 is 2. The zero-order chi connectivity index (χ0) is 17.5. The van der Waals surface area contributed by atoms with E-state index in [1.54, 1.807) is 39.2 Å². The van der Waals surface area contributed by atoms with Gasteiger partial charge in [-0.1, -0.05) is 13.3 Å². The number of unbranched alkanes of at least 4 members (excludes halogenated alkanes) is 1. The van der Waals surface area contributed by atoms with Crippen molar-refractivity contribution in [2.45, 2.75) is 33.6 Å². The van der Waals surface area contributed by atoms with Crippen molar-refractivity contribution in [2.75, 3.05) is 26.1 Å². The van der Waals surface area contributed by atoms with Gasteiger partial charge in [-0.3, -0.25) is 9.59 Å². The molecule has 0 aromatic heterocycles. The number of amides is 2. The van der Waals surface area contributed by atoms with Crippen LogP contribution in [0.1, 0.15) is 33.6 Å². The predicted molar refractivity (Wildman–Crippen MR) is 89.9 cm³/mol. The van der Waals surface area contributed by atoms with E-state index in [1.165, 1.54) is 7.11 Å². The Hall–Kier alpha value is -2.24. The fourth-order valence-electron chi connectivity index (χ4n) is 1.89. The fourth-order valence-corrected chi connectivity index (χ4v) is 1.89. The van der Waals surface area contributed by atoms with Gasteiger partial charge < -0.3 is 20.1 Å². The molecule has 2 amide bonds. The van der Waals surface area contributed by atoms with Gasteiger partial charge in [0.05, 0.1) is 19.9 Å². The number of carbonyl (C=O) groups excluding carboxylic acids is 2. The molecule has 0 radical (unpaired) electrons. The van der Waals surface area contributed by atoms with Gasteiger partial charge in [0.15, 0.2) is 0 Å². The molecule has 0 unspecified atom stereocenters. The lowest BCUT2D eigenvalue weighted by Crippen LogP contribution is -2.45. The quantitative estimate of drug-likeness (QED) is 0.570. The second-order valence-electron chi connectivity index (χ2n) is 5.75. The molecule has 6 nitrogen and oxygen atoms in total. The highest BCUT2D eigenvalue weighted by atomic mass is 16.5. The Morgan fingerprint density at radius 2 is 1.83 bits per heavy atom. The second-order valence-corrected chi connectivity index (χ2v) is 5.75. The third-order valence-corrected chi connectivity index (χ3v) is 3.61. The number of anilines is 1. The Bertz CT molecular complexity index is 556. The van der Waals surface area contributed by atoms with Crippen LogP contribution in [-0.4, -0.2) is 32.6 Å². The van der Waals surface area contributed by atoms with Crippen molar-refractivity contribution < 1.29 is 19.1 Å². The summed E-state index contributed by atoms with van der Waals surface area (Å²) in [4.78, 5) is 24.7. The smallest absolute Gasteiger partial charge is 0.239 e. The molecule has 0 aliphatic heterocycles. The lowest BCUT2D eigenvalue weighted by atomic mass is 9.91. The summed E-state index contributed by atoms with van der Waals surface area (Å²) in [5, 5.41) is 5.53. The monoisotopic (exact) mass is 322 g/mol. The van der Waals surface area contributed by atoms with E-state index in [1.807, 2.05) is 6.92 Å². The highest BCUT2D eigenvalue weighted by Crippen LogP contribution is 2.30. The third kappa shape index (κ3) is 4.87. The van der Waals surface area contributed by atoms with E-state index < -0.39 is 11.3 Å². The predicted octanol–water partition coefficient (Wildman–Crippen LogP) is 2.58. The topological polar surface area (TPSA) is 76.7 Å². The van der Waals surface area contributed by atoms with E-state index in [2.05, 4.69) is 10.6 Å². The van der Waals surface area contributed by atoms with Crippen molar-refractivity contribution >= 4 is 17.5 Å². The van der Waals surface area contributed by atoms with Crippen LogP contribution in [0.3, 0.4) is 0 Å². The summed E-state index contributed by atoms with van der Waals surface area (Å²) in [5.41, 5.74) is -0.728. The standard InChI is InChI=1S/C17H26N2O4/c1-6-7-10-18-15(20)17(2,3)16(21)19-13-11-12(22-4)8-9-14(13)23-5/h8-9,11H,6-7,10H2,1-5H3,(H,18,20)(H,19,21). The van der Waals surface area contributed by atoms with Gasteiger partial charge in [0.1, 0.15) is 16.9 Å². The first-order valence-corrected chi connectivity index (χ1v) is 7.68. The summed E-state index contributed by atoms with van der Waals surface area (Å²) in [7, 11) is 3.05. The van der Waals surface area contributed by atoms with Gasteiger partial charge in [-0.25, -0.2) is 0 Å². The Morgan fingerprint density at radius 1 is 1.13 bits per heavy atom. The molecule has 0 aliphatic carbocycles. The van der Waals surface area contributed by atoms with Crippen molar-refractivity contribution in [3.63, 3.8) is 0 Å². The lowest BCUT2D eigenvalue weighted by Gasteiger charge is -2.23. The number of rotatable bonds is 8. The van der Waals surface area contributed by atoms with Gasteiger partial charge in [-0.2, -0.15) is 0 Å². The second kappa shape index (κ2) is 8.41. The minimum absolute atomic E-state index is 0.301. The SMILES string of the molecule is CCCCNC(=O)C(C)(C)C(=O)Nc1cc(OC)ccc1OC. The Labute approximate surface area is 137 Å². The third-order valence-electron chi connectivity index (χ3n) is 3.61. The first kappa shape index (κ1) is 18.8. The molecule has 1 aromatic carbocycles. The average molecular weight is 322 g/mol. The summed E-state index contributed by atoms with van der Waals surface area (Å²) in [6, 6.07) is 5.08. The molecule has 1 aromatic rings. The fraction of sp³-hybridized carbons (Fsp3) is 0.529. The number of hydrogen-bond donors (Lipinski definition) is 2. The van der Waals surface area contributed by atoms with E-state index >= 15 is 0 Å². The summed E-state index contributed by atoms with van der Waals surface area (Å²) in [6.07, 6.45) is 1.86. The maximum atomic E-state index is 12.5. The van der Waals surface area contributed by atoms with E-state index in [-0.39, 0.29) is 5.91 Å². The maximum Gasteiger partial charge on any atom is 0.239 e. The molecule has 1 rings (SSSR count). The Balaban J connectivity index is 2.86. The van der Waals surface area contributed by atoms with Crippen molar-refractivity contribution in [1.82, 2.24) is 5.32 Å². The lowest BCUT2D eigenvalue weighted by molar-refractivity contribution is -0.138. The summed E-state index contributed by atoms with van der Waals surface area (Å²) < 4.78 is 10.4. The van der Waals surface area contributed by atoms with Crippen LogP contribution in [0.25, 0.3) is 0 Å². The zero-order valence-corrected chi connectivity index (χ0v) is 14.5. The van der Waals surface area contributed by atoms with Gasteiger partial charge >= 0.3 is 0 Å². The molecule has 0 atom stereocenters. The summed E-state index contributed by atoms with van der Waals surface area (Å²) in [6.45, 7) is 5.79. The molecular weight excluding hydrogens is 296 g/mol. The van der Waals surface area contributed by atoms with Crippen LogP contribution < -0.4 is 20.1 Å². The molecule has 6 heteroatoms. The van der Waals surface area contributed by atoms with Gasteiger partial charge in [-0.05, 0) is 32.4 Å². The van der Waals surface area contributed by atoms with Crippen LogP contribution in [0.15, 0.2) is 18.2 Å². The summed E-state index contributed by atoms with van der Waals surface area (Å²) >= 11 is 0. The van der Waals surface area contributed by atoms with Crippen LogP contribution in [0.4, 0.5) is 5.69 Å². The van der Waals surface area contributed by atoms with E-state index in [0.717, 1.165) is 12.8 Å². The Morgan fingerprint density at radius 3 is 2.39 bits per heavy atom. The van der Waals surface area contributed by atoms with Crippen LogP contribution in [-0.2, 0) is 9.59 Å². The number of benzene rings is 1. The van der Waals surface area contributed by atoms with Gasteiger partial charge in [0.25, 0.3) is 0 Å². The van der Waals surface area contributed by atoms with E-state index in [4.69, 9.17) is 9.47 Å². The highest BCUT2D eigenvalue weighted by Gasteiger charge is 2.36. The normalized spacial score (nSPS) is 10.8. The largest absolute Gasteiger partial charge is 0.497 e. The molecule has 0 spiro atoms. The number of ether oxygens (including phenoxy) is 2. The molecule has 128 valence electrons. The van der Waals surface area contributed by atoms with Gasteiger partial charge in [0, 0.05) is 12.6 Å². The molecule has 0 saturated carbocycles. The zero-order valence-electron chi connectivity index (χ0n) is 14.5. The first-order valence-electron chi connectivity index (χ1n) is 7.68. The maximum absolute atomic E-state index is 12.5. The van der Waals surface area contributed by atoms with Crippen LogP contribution in [0.2, 0.25) is 0 Å². The molecule has 0 bridgehead atoms. The van der Waals surface area contributed by atoms with Crippen LogP contribution >= 0.6 is 0 Å². The van der Waals surface area contributed by atoms with Crippen molar-refractivity contribution in [1.29, 1.82) is 0 Å².